The van der Waals surface area contributed by atoms with Gasteiger partial charge in [-0.15, -0.1) is 0 Å². The maximum absolute atomic E-state index is 12.1. The van der Waals surface area contributed by atoms with E-state index in [0.29, 0.717) is 35.7 Å². The number of benzene rings is 2. The minimum absolute atomic E-state index is 0.0777. The molecule has 0 fully saturated rings. The van der Waals surface area contributed by atoms with E-state index >= 15 is 0 Å². The fourth-order valence-electron chi connectivity index (χ4n) is 2.70. The molecule has 2 amide bonds. The van der Waals surface area contributed by atoms with Gasteiger partial charge in [-0.3, -0.25) is 9.59 Å². The van der Waals surface area contributed by atoms with Crippen molar-refractivity contribution in [3.05, 3.63) is 83.6 Å². The molecule has 142 valence electrons. The molecule has 0 saturated carbocycles. The van der Waals surface area contributed by atoms with Gasteiger partial charge in [0.1, 0.15) is 5.75 Å². The Bertz CT molecular complexity index is 984. The smallest absolute Gasteiger partial charge is 0.248 e. The number of aromatic nitrogens is 1. The molecule has 3 N–H and O–H groups in total. The first-order chi connectivity index (χ1) is 13.5. The molecule has 6 nitrogen and oxygen atoms in total. The van der Waals surface area contributed by atoms with Gasteiger partial charge in [0, 0.05) is 18.1 Å². The highest BCUT2D eigenvalue weighted by molar-refractivity contribution is 5.93. The van der Waals surface area contributed by atoms with Crippen molar-refractivity contribution in [2.45, 2.75) is 19.8 Å². The Morgan fingerprint density at radius 2 is 1.89 bits per heavy atom. The Balaban J connectivity index is 1.54. The van der Waals surface area contributed by atoms with Gasteiger partial charge in [0.05, 0.1) is 11.9 Å². The number of carbonyl (C=O) groups is 2. The van der Waals surface area contributed by atoms with Gasteiger partial charge in [-0.25, -0.2) is 4.98 Å². The molecule has 0 saturated heterocycles. The highest BCUT2D eigenvalue weighted by atomic mass is 16.5. The lowest BCUT2D eigenvalue weighted by Crippen LogP contribution is -2.12. The molecule has 0 aliphatic carbocycles. The van der Waals surface area contributed by atoms with Crippen molar-refractivity contribution in [1.82, 2.24) is 4.98 Å². The first-order valence-corrected chi connectivity index (χ1v) is 8.89. The van der Waals surface area contributed by atoms with Crippen LogP contribution in [0.1, 0.15) is 27.9 Å². The molecule has 28 heavy (non-hydrogen) atoms. The molecular formula is C22H21N3O3. The van der Waals surface area contributed by atoms with Crippen LogP contribution in [0.2, 0.25) is 0 Å². The number of aryl methyl sites for hydroxylation is 2. The van der Waals surface area contributed by atoms with Crippen molar-refractivity contribution in [3.8, 4) is 11.6 Å². The number of amides is 2. The van der Waals surface area contributed by atoms with Crippen molar-refractivity contribution in [1.29, 1.82) is 0 Å². The monoisotopic (exact) mass is 375 g/mol. The van der Waals surface area contributed by atoms with Gasteiger partial charge in [-0.1, -0.05) is 35.9 Å². The van der Waals surface area contributed by atoms with E-state index in [4.69, 9.17) is 10.5 Å². The minimum atomic E-state index is -0.526. The number of ether oxygens (including phenoxy) is 1. The summed E-state index contributed by atoms with van der Waals surface area (Å²) in [6, 6.07) is 18.0. The van der Waals surface area contributed by atoms with Crippen LogP contribution in [0.4, 0.5) is 5.69 Å². The molecule has 0 radical (unpaired) electrons. The summed E-state index contributed by atoms with van der Waals surface area (Å²) in [6.45, 7) is 2.03. The van der Waals surface area contributed by atoms with Crippen LogP contribution in [0.5, 0.6) is 11.6 Å². The van der Waals surface area contributed by atoms with E-state index < -0.39 is 5.91 Å². The van der Waals surface area contributed by atoms with E-state index in [0.717, 1.165) is 5.56 Å². The molecule has 3 aromatic rings. The Labute approximate surface area is 163 Å². The third-order valence-electron chi connectivity index (χ3n) is 4.08. The zero-order chi connectivity index (χ0) is 19.9. The SMILES string of the molecule is Cc1cccc(CCC(=O)Nc2ccc(Oc3cccc(C(N)=O)c3)nc2)c1. The number of rotatable bonds is 7. The van der Waals surface area contributed by atoms with E-state index in [2.05, 4.69) is 16.4 Å². The second-order valence-electron chi connectivity index (χ2n) is 6.42. The van der Waals surface area contributed by atoms with E-state index in [1.165, 1.54) is 11.8 Å². The van der Waals surface area contributed by atoms with Crippen molar-refractivity contribution in [2.75, 3.05) is 5.32 Å². The average Bonchev–Trinajstić information content (AvgIpc) is 2.68. The third-order valence-corrected chi connectivity index (χ3v) is 4.08. The largest absolute Gasteiger partial charge is 0.439 e. The number of carbonyl (C=O) groups excluding carboxylic acids is 2. The van der Waals surface area contributed by atoms with Gasteiger partial charge in [0.15, 0.2) is 0 Å². The van der Waals surface area contributed by atoms with Crippen molar-refractivity contribution in [3.63, 3.8) is 0 Å². The van der Waals surface area contributed by atoms with Crippen LogP contribution in [0, 0.1) is 6.92 Å². The molecule has 6 heteroatoms. The van der Waals surface area contributed by atoms with E-state index in [1.807, 2.05) is 25.1 Å². The number of nitrogens with zero attached hydrogens (tertiary/aromatic N) is 1. The molecule has 0 aliphatic heterocycles. The minimum Gasteiger partial charge on any atom is -0.439 e. The van der Waals surface area contributed by atoms with Gasteiger partial charge in [-0.2, -0.15) is 0 Å². The molecule has 3 rings (SSSR count). The summed E-state index contributed by atoms with van der Waals surface area (Å²) in [5, 5.41) is 2.82. The predicted octanol–water partition coefficient (Wildman–Crippen LogP) is 3.85. The summed E-state index contributed by atoms with van der Waals surface area (Å²) in [6.07, 6.45) is 2.60. The molecule has 0 atom stereocenters. The van der Waals surface area contributed by atoms with Crippen molar-refractivity contribution in [2.24, 2.45) is 5.73 Å². The summed E-state index contributed by atoms with van der Waals surface area (Å²) in [5.41, 5.74) is 8.52. The normalized spacial score (nSPS) is 10.3. The fourth-order valence-corrected chi connectivity index (χ4v) is 2.70. The summed E-state index contributed by atoms with van der Waals surface area (Å²) in [4.78, 5) is 27.5. The number of nitrogens with two attached hydrogens (primary N) is 1. The Hall–Kier alpha value is -3.67. The van der Waals surface area contributed by atoms with Gasteiger partial charge >= 0.3 is 0 Å². The molecular weight excluding hydrogens is 354 g/mol. The van der Waals surface area contributed by atoms with Crippen molar-refractivity contribution < 1.29 is 14.3 Å². The van der Waals surface area contributed by atoms with E-state index in [-0.39, 0.29) is 5.91 Å². The summed E-state index contributed by atoms with van der Waals surface area (Å²) >= 11 is 0. The van der Waals surface area contributed by atoms with Crippen LogP contribution in [-0.4, -0.2) is 16.8 Å². The highest BCUT2D eigenvalue weighted by Crippen LogP contribution is 2.21. The lowest BCUT2D eigenvalue weighted by molar-refractivity contribution is -0.116. The molecule has 0 bridgehead atoms. The quantitative estimate of drug-likeness (QED) is 0.656. The zero-order valence-electron chi connectivity index (χ0n) is 15.5. The van der Waals surface area contributed by atoms with E-state index in [1.54, 1.807) is 36.4 Å². The summed E-state index contributed by atoms with van der Waals surface area (Å²) < 4.78 is 5.61. The third kappa shape index (κ3) is 5.41. The number of primary amides is 1. The molecule has 1 aromatic heterocycles. The number of hydrogen-bond donors (Lipinski definition) is 2. The Morgan fingerprint density at radius 1 is 1.07 bits per heavy atom. The number of anilines is 1. The van der Waals surface area contributed by atoms with Crippen LogP contribution in [0.3, 0.4) is 0 Å². The molecule has 2 aromatic carbocycles. The number of hydrogen-bond acceptors (Lipinski definition) is 4. The van der Waals surface area contributed by atoms with Crippen LogP contribution in [0.25, 0.3) is 0 Å². The van der Waals surface area contributed by atoms with Crippen LogP contribution < -0.4 is 15.8 Å². The van der Waals surface area contributed by atoms with Crippen LogP contribution >= 0.6 is 0 Å². The van der Waals surface area contributed by atoms with Gasteiger partial charge in [0.25, 0.3) is 0 Å². The average molecular weight is 375 g/mol. The topological polar surface area (TPSA) is 94.3 Å². The highest BCUT2D eigenvalue weighted by Gasteiger charge is 2.06. The number of pyridine rings is 1. The van der Waals surface area contributed by atoms with Crippen molar-refractivity contribution >= 4 is 17.5 Å². The first-order valence-electron chi connectivity index (χ1n) is 8.89. The Kier molecular flexibility index (Phi) is 6.01. The Morgan fingerprint density at radius 3 is 2.61 bits per heavy atom. The fraction of sp³-hybridized carbons (Fsp3) is 0.136. The maximum Gasteiger partial charge on any atom is 0.248 e. The van der Waals surface area contributed by atoms with Gasteiger partial charge in [0.2, 0.25) is 17.7 Å². The maximum atomic E-state index is 12.1. The second-order valence-corrected chi connectivity index (χ2v) is 6.42. The summed E-state index contributed by atoms with van der Waals surface area (Å²) in [7, 11) is 0. The zero-order valence-corrected chi connectivity index (χ0v) is 15.5. The summed E-state index contributed by atoms with van der Waals surface area (Å²) in [5.74, 6) is 0.200. The molecule has 0 spiro atoms. The molecule has 0 aliphatic rings. The van der Waals surface area contributed by atoms with Crippen LogP contribution in [-0.2, 0) is 11.2 Å². The first kappa shape index (κ1) is 19.1. The van der Waals surface area contributed by atoms with Gasteiger partial charge < -0.3 is 15.8 Å². The molecule has 0 unspecified atom stereocenters. The number of nitrogens with one attached hydrogen (secondary N) is 1. The van der Waals surface area contributed by atoms with E-state index in [9.17, 15) is 9.59 Å². The molecule has 1 heterocycles. The standard InChI is InChI=1S/C22H21N3O3/c1-15-4-2-5-16(12-15)8-10-20(26)25-18-9-11-21(24-14-18)28-19-7-3-6-17(13-19)22(23)27/h2-7,9,11-14H,8,10H2,1H3,(H2,23,27)(H,25,26). The lowest BCUT2D eigenvalue weighted by Gasteiger charge is -2.08. The predicted molar refractivity (Wildman–Crippen MR) is 107 cm³/mol. The second kappa shape index (κ2) is 8.81. The van der Waals surface area contributed by atoms with Gasteiger partial charge in [-0.05, 0) is 43.2 Å². The van der Waals surface area contributed by atoms with Crippen LogP contribution in [0.15, 0.2) is 66.9 Å². The lowest BCUT2D eigenvalue weighted by atomic mass is 10.1.